The van der Waals surface area contributed by atoms with Gasteiger partial charge in [-0.2, -0.15) is 0 Å². The number of aldehydes is 1. The zero-order valence-electron chi connectivity index (χ0n) is 8.14. The minimum absolute atomic E-state index is 0.0879. The van der Waals surface area contributed by atoms with Crippen LogP contribution in [-0.4, -0.2) is 18.9 Å². The summed E-state index contributed by atoms with van der Waals surface area (Å²) in [6.07, 6.45) is 3.59. The molecular weight excluding hydrogens is 192 g/mol. The van der Waals surface area contributed by atoms with Crippen LogP contribution in [0.25, 0.3) is 6.08 Å². The van der Waals surface area contributed by atoms with Crippen molar-refractivity contribution in [2.24, 2.45) is 5.73 Å². The topological polar surface area (TPSA) is 72.2 Å². The smallest absolute Gasteiger partial charge is 0.252 e. The molecule has 0 aliphatic carbocycles. The molecule has 1 aromatic rings. The molecular formula is C11H12N2O2. The van der Waals surface area contributed by atoms with E-state index in [9.17, 15) is 9.59 Å². The van der Waals surface area contributed by atoms with Gasteiger partial charge in [-0.05, 0) is 17.7 Å². The predicted octanol–water partition coefficient (Wildman–Crippen LogP) is 0.545. The van der Waals surface area contributed by atoms with Gasteiger partial charge in [-0.1, -0.05) is 24.3 Å². The van der Waals surface area contributed by atoms with Crippen molar-refractivity contribution in [2.75, 3.05) is 6.67 Å². The van der Waals surface area contributed by atoms with Crippen molar-refractivity contribution in [3.8, 4) is 0 Å². The predicted molar refractivity (Wildman–Crippen MR) is 58.1 cm³/mol. The second-order valence-corrected chi connectivity index (χ2v) is 2.79. The van der Waals surface area contributed by atoms with Gasteiger partial charge in [0.05, 0.1) is 6.67 Å². The lowest BCUT2D eigenvalue weighted by Crippen LogP contribution is -2.29. The van der Waals surface area contributed by atoms with Crippen LogP contribution >= 0.6 is 0 Å². The Morgan fingerprint density at radius 2 is 2.13 bits per heavy atom. The fraction of sp³-hybridized carbons (Fsp3) is 0.0909. The second kappa shape index (κ2) is 5.72. The van der Waals surface area contributed by atoms with Crippen molar-refractivity contribution in [3.05, 3.63) is 41.5 Å². The van der Waals surface area contributed by atoms with Crippen LogP contribution in [0.15, 0.2) is 30.3 Å². The summed E-state index contributed by atoms with van der Waals surface area (Å²) in [7, 11) is 0. The molecule has 0 saturated carbocycles. The Labute approximate surface area is 87.8 Å². The third-order valence-electron chi connectivity index (χ3n) is 1.82. The number of hydrogen-bond acceptors (Lipinski definition) is 3. The van der Waals surface area contributed by atoms with E-state index in [2.05, 4.69) is 5.32 Å². The molecule has 1 aromatic carbocycles. The normalized spacial score (nSPS) is 10.2. The first-order chi connectivity index (χ1) is 7.29. The third kappa shape index (κ3) is 3.03. The summed E-state index contributed by atoms with van der Waals surface area (Å²) in [5.41, 5.74) is 6.40. The molecule has 0 aliphatic heterocycles. The Hall–Kier alpha value is -1.94. The molecule has 1 amide bonds. The third-order valence-corrected chi connectivity index (χ3v) is 1.82. The lowest BCUT2D eigenvalue weighted by Gasteiger charge is -2.05. The Morgan fingerprint density at radius 3 is 2.80 bits per heavy atom. The van der Waals surface area contributed by atoms with Crippen molar-refractivity contribution < 1.29 is 9.59 Å². The molecule has 0 fully saturated rings. The molecule has 0 saturated heterocycles. The number of hydrogen-bond donors (Lipinski definition) is 2. The van der Waals surface area contributed by atoms with Gasteiger partial charge in [0.25, 0.3) is 5.91 Å². The van der Waals surface area contributed by atoms with Gasteiger partial charge >= 0.3 is 0 Å². The monoisotopic (exact) mass is 204 g/mol. The molecule has 15 heavy (non-hydrogen) atoms. The van der Waals surface area contributed by atoms with Crippen LogP contribution in [0.3, 0.4) is 0 Å². The summed E-state index contributed by atoms with van der Waals surface area (Å²) in [6.45, 7) is 0.0879. The van der Waals surface area contributed by atoms with Gasteiger partial charge < -0.3 is 11.1 Å². The van der Waals surface area contributed by atoms with E-state index in [4.69, 9.17) is 5.73 Å². The summed E-state index contributed by atoms with van der Waals surface area (Å²) in [5, 5.41) is 2.50. The fourth-order valence-electron chi connectivity index (χ4n) is 1.18. The average molecular weight is 204 g/mol. The maximum absolute atomic E-state index is 11.5. The maximum Gasteiger partial charge on any atom is 0.252 e. The van der Waals surface area contributed by atoms with Crippen LogP contribution < -0.4 is 11.1 Å². The van der Waals surface area contributed by atoms with E-state index < -0.39 is 0 Å². The zero-order valence-corrected chi connectivity index (χ0v) is 8.14. The summed E-state index contributed by atoms with van der Waals surface area (Å²) in [5.74, 6) is -0.247. The molecule has 0 spiro atoms. The van der Waals surface area contributed by atoms with E-state index in [1.165, 1.54) is 6.08 Å². The number of benzene rings is 1. The maximum atomic E-state index is 11.5. The molecule has 0 unspecified atom stereocenters. The molecule has 4 heteroatoms. The highest BCUT2D eigenvalue weighted by Gasteiger charge is 2.06. The summed E-state index contributed by atoms with van der Waals surface area (Å²) < 4.78 is 0. The first-order valence-electron chi connectivity index (χ1n) is 4.48. The molecule has 4 nitrogen and oxygen atoms in total. The van der Waals surface area contributed by atoms with Crippen molar-refractivity contribution >= 4 is 18.3 Å². The molecule has 0 aliphatic rings. The number of amides is 1. The molecule has 0 heterocycles. The van der Waals surface area contributed by atoms with Gasteiger partial charge in [0.15, 0.2) is 0 Å². The van der Waals surface area contributed by atoms with E-state index in [1.54, 1.807) is 30.3 Å². The lowest BCUT2D eigenvalue weighted by molar-refractivity contribution is -0.104. The second-order valence-electron chi connectivity index (χ2n) is 2.79. The highest BCUT2D eigenvalue weighted by atomic mass is 16.1. The summed E-state index contributed by atoms with van der Waals surface area (Å²) >= 11 is 0. The van der Waals surface area contributed by atoms with Crippen molar-refractivity contribution in [2.45, 2.75) is 0 Å². The van der Waals surface area contributed by atoms with Crippen LogP contribution in [-0.2, 0) is 4.79 Å². The minimum Gasteiger partial charge on any atom is -0.340 e. The van der Waals surface area contributed by atoms with Gasteiger partial charge in [-0.3, -0.25) is 9.59 Å². The molecule has 0 aromatic heterocycles. The first kappa shape index (κ1) is 11.1. The number of carbonyl (C=O) groups is 2. The molecule has 3 N–H and O–H groups in total. The fourth-order valence-corrected chi connectivity index (χ4v) is 1.18. The Morgan fingerprint density at radius 1 is 1.40 bits per heavy atom. The SMILES string of the molecule is NCNC(=O)c1ccccc1/C=C/C=O. The van der Waals surface area contributed by atoms with E-state index >= 15 is 0 Å². The van der Waals surface area contributed by atoms with Crippen LogP contribution in [0.1, 0.15) is 15.9 Å². The number of allylic oxidation sites excluding steroid dienone is 1. The average Bonchev–Trinajstić information content (AvgIpc) is 2.27. The summed E-state index contributed by atoms with van der Waals surface area (Å²) in [4.78, 5) is 21.7. The molecule has 1 rings (SSSR count). The first-order valence-corrected chi connectivity index (χ1v) is 4.48. The molecule has 0 radical (unpaired) electrons. The quantitative estimate of drug-likeness (QED) is 0.427. The van der Waals surface area contributed by atoms with Gasteiger partial charge in [0.1, 0.15) is 6.29 Å². The summed E-state index contributed by atoms with van der Waals surface area (Å²) in [6, 6.07) is 6.98. The number of rotatable bonds is 4. The van der Waals surface area contributed by atoms with Gasteiger partial charge in [0.2, 0.25) is 0 Å². The Bertz CT molecular complexity index is 386. The van der Waals surface area contributed by atoms with Crippen LogP contribution in [0.2, 0.25) is 0 Å². The van der Waals surface area contributed by atoms with Crippen molar-refractivity contribution in [1.29, 1.82) is 0 Å². The number of nitrogens with one attached hydrogen (secondary N) is 1. The Kier molecular flexibility index (Phi) is 4.25. The molecule has 0 bridgehead atoms. The van der Waals surface area contributed by atoms with Crippen molar-refractivity contribution in [3.63, 3.8) is 0 Å². The van der Waals surface area contributed by atoms with E-state index in [0.717, 1.165) is 0 Å². The Balaban J connectivity index is 3.00. The zero-order chi connectivity index (χ0) is 11.1. The highest BCUT2D eigenvalue weighted by Crippen LogP contribution is 2.10. The number of nitrogens with two attached hydrogens (primary N) is 1. The molecule has 0 atom stereocenters. The van der Waals surface area contributed by atoms with E-state index in [-0.39, 0.29) is 12.6 Å². The lowest BCUT2D eigenvalue weighted by atomic mass is 10.1. The van der Waals surface area contributed by atoms with Crippen LogP contribution in [0.4, 0.5) is 0 Å². The van der Waals surface area contributed by atoms with Crippen LogP contribution in [0.5, 0.6) is 0 Å². The van der Waals surface area contributed by atoms with E-state index in [0.29, 0.717) is 17.4 Å². The van der Waals surface area contributed by atoms with Gasteiger partial charge in [0, 0.05) is 5.56 Å². The van der Waals surface area contributed by atoms with Gasteiger partial charge in [-0.15, -0.1) is 0 Å². The number of carbonyl (C=O) groups excluding carboxylic acids is 2. The van der Waals surface area contributed by atoms with E-state index in [1.807, 2.05) is 0 Å². The standard InChI is InChI=1S/C11H12N2O2/c12-8-13-11(15)10-6-2-1-4-9(10)5-3-7-14/h1-7H,8,12H2,(H,13,15)/b5-3+. The minimum atomic E-state index is -0.247. The highest BCUT2D eigenvalue weighted by molar-refractivity contribution is 5.98. The molecule has 78 valence electrons. The van der Waals surface area contributed by atoms with Gasteiger partial charge in [-0.25, -0.2) is 0 Å². The largest absolute Gasteiger partial charge is 0.340 e. The van der Waals surface area contributed by atoms with Crippen LogP contribution in [0, 0.1) is 0 Å². The van der Waals surface area contributed by atoms with Crippen molar-refractivity contribution in [1.82, 2.24) is 5.32 Å².